The van der Waals surface area contributed by atoms with Crippen LogP contribution in [0.5, 0.6) is 11.5 Å². The number of hydrogen-bond acceptors (Lipinski definition) is 6. The second-order valence-electron chi connectivity index (χ2n) is 4.15. The van der Waals surface area contributed by atoms with Crippen LogP contribution in [-0.4, -0.2) is 35.1 Å². The van der Waals surface area contributed by atoms with Gasteiger partial charge in [-0.1, -0.05) is 0 Å². The number of fused-ring (bicyclic) bond motifs is 1. The third-order valence-electron chi connectivity index (χ3n) is 2.75. The van der Waals surface area contributed by atoms with E-state index >= 15 is 0 Å². The van der Waals surface area contributed by atoms with E-state index < -0.39 is 18.3 Å². The Hall–Kier alpha value is -2.05. The van der Waals surface area contributed by atoms with E-state index in [1.165, 1.54) is 19.2 Å². The van der Waals surface area contributed by atoms with E-state index in [1.807, 2.05) is 0 Å². The number of phenolic OH excluding ortho intramolecular Hbond substituents is 1. The molecule has 1 atom stereocenters. The largest absolute Gasteiger partial charge is 0.507 e. The SMILES string of the molecule is COc1cc(O)c2c(=O)oc(CC(O)CO)cc2c1. The summed E-state index contributed by atoms with van der Waals surface area (Å²) in [7, 11) is 1.45. The lowest BCUT2D eigenvalue weighted by Crippen LogP contribution is -2.16. The first-order valence-corrected chi connectivity index (χ1v) is 5.67. The molecule has 1 heterocycles. The van der Waals surface area contributed by atoms with E-state index in [0.717, 1.165) is 0 Å². The van der Waals surface area contributed by atoms with E-state index in [-0.39, 0.29) is 23.3 Å². The Morgan fingerprint density at radius 3 is 2.74 bits per heavy atom. The molecule has 0 fully saturated rings. The Kier molecular flexibility index (Phi) is 3.73. The standard InChI is InChI=1S/C13H14O6/c1-18-9-2-7-3-10(4-8(15)6-14)19-13(17)12(7)11(16)5-9/h2-3,5,8,14-16H,4,6H2,1H3. The van der Waals surface area contributed by atoms with Gasteiger partial charge in [-0.25, -0.2) is 4.79 Å². The van der Waals surface area contributed by atoms with E-state index in [1.54, 1.807) is 6.07 Å². The Balaban J connectivity index is 2.58. The molecule has 2 rings (SSSR count). The van der Waals surface area contributed by atoms with Crippen molar-refractivity contribution in [2.24, 2.45) is 0 Å². The molecule has 1 aromatic carbocycles. The molecule has 6 nitrogen and oxygen atoms in total. The molecule has 0 spiro atoms. The highest BCUT2D eigenvalue weighted by atomic mass is 16.5. The average Bonchev–Trinajstić information content (AvgIpc) is 2.37. The number of aromatic hydroxyl groups is 1. The molecule has 1 unspecified atom stereocenters. The van der Waals surface area contributed by atoms with Gasteiger partial charge in [0, 0.05) is 12.5 Å². The van der Waals surface area contributed by atoms with Crippen LogP contribution in [0.2, 0.25) is 0 Å². The van der Waals surface area contributed by atoms with Crippen molar-refractivity contribution in [1.82, 2.24) is 0 Å². The minimum absolute atomic E-state index is 0.0135. The van der Waals surface area contributed by atoms with Crippen LogP contribution in [0.3, 0.4) is 0 Å². The molecule has 0 saturated heterocycles. The summed E-state index contributed by atoms with van der Waals surface area (Å²) in [6.07, 6.45) is -0.987. The highest BCUT2D eigenvalue weighted by Crippen LogP contribution is 2.28. The minimum atomic E-state index is -1.00. The molecule has 0 bridgehead atoms. The molecule has 0 radical (unpaired) electrons. The second kappa shape index (κ2) is 5.29. The van der Waals surface area contributed by atoms with Crippen molar-refractivity contribution in [3.63, 3.8) is 0 Å². The predicted molar refractivity (Wildman–Crippen MR) is 67.5 cm³/mol. The monoisotopic (exact) mass is 266 g/mol. The summed E-state index contributed by atoms with van der Waals surface area (Å²) >= 11 is 0. The van der Waals surface area contributed by atoms with Gasteiger partial charge in [-0.15, -0.1) is 0 Å². The lowest BCUT2D eigenvalue weighted by Gasteiger charge is -2.08. The van der Waals surface area contributed by atoms with Gasteiger partial charge in [0.2, 0.25) is 0 Å². The van der Waals surface area contributed by atoms with Crippen LogP contribution in [0.25, 0.3) is 10.8 Å². The third-order valence-corrected chi connectivity index (χ3v) is 2.75. The quantitative estimate of drug-likeness (QED) is 0.740. The Bertz CT molecular complexity index is 645. The summed E-state index contributed by atoms with van der Waals surface area (Å²) in [5, 5.41) is 28.4. The Morgan fingerprint density at radius 2 is 2.11 bits per heavy atom. The number of phenols is 1. The van der Waals surface area contributed by atoms with Gasteiger partial charge in [-0.3, -0.25) is 0 Å². The smallest absolute Gasteiger partial charge is 0.347 e. The summed E-state index contributed by atoms with van der Waals surface area (Å²) in [5.41, 5.74) is -0.696. The van der Waals surface area contributed by atoms with Crippen LogP contribution in [0.15, 0.2) is 27.4 Å². The van der Waals surface area contributed by atoms with Crippen LogP contribution in [0.1, 0.15) is 5.76 Å². The molecule has 19 heavy (non-hydrogen) atoms. The topological polar surface area (TPSA) is 100 Å². The van der Waals surface area contributed by atoms with Gasteiger partial charge in [0.1, 0.15) is 22.6 Å². The number of aliphatic hydroxyl groups is 2. The molecule has 0 aliphatic heterocycles. The van der Waals surface area contributed by atoms with Crippen molar-refractivity contribution < 1.29 is 24.5 Å². The maximum absolute atomic E-state index is 11.8. The maximum Gasteiger partial charge on any atom is 0.347 e. The molecule has 2 aromatic rings. The summed E-state index contributed by atoms with van der Waals surface area (Å²) in [4.78, 5) is 11.8. The number of methoxy groups -OCH3 is 1. The van der Waals surface area contributed by atoms with Gasteiger partial charge in [0.05, 0.1) is 19.8 Å². The van der Waals surface area contributed by atoms with Crippen LogP contribution in [0, 0.1) is 0 Å². The fourth-order valence-corrected chi connectivity index (χ4v) is 1.85. The van der Waals surface area contributed by atoms with Gasteiger partial charge in [0.15, 0.2) is 0 Å². The number of rotatable bonds is 4. The van der Waals surface area contributed by atoms with E-state index in [4.69, 9.17) is 14.3 Å². The van der Waals surface area contributed by atoms with E-state index in [2.05, 4.69) is 0 Å². The highest BCUT2D eigenvalue weighted by Gasteiger charge is 2.13. The lowest BCUT2D eigenvalue weighted by atomic mass is 10.1. The zero-order valence-electron chi connectivity index (χ0n) is 10.3. The average molecular weight is 266 g/mol. The van der Waals surface area contributed by atoms with Crippen LogP contribution in [0.4, 0.5) is 0 Å². The molecule has 0 amide bonds. The minimum Gasteiger partial charge on any atom is -0.507 e. The van der Waals surface area contributed by atoms with Gasteiger partial charge in [-0.2, -0.15) is 0 Å². The second-order valence-corrected chi connectivity index (χ2v) is 4.15. The van der Waals surface area contributed by atoms with E-state index in [0.29, 0.717) is 11.1 Å². The number of aliphatic hydroxyl groups excluding tert-OH is 2. The molecule has 0 saturated carbocycles. The molecular weight excluding hydrogens is 252 g/mol. The molecule has 1 aromatic heterocycles. The van der Waals surface area contributed by atoms with Crippen molar-refractivity contribution in [2.75, 3.05) is 13.7 Å². The fourth-order valence-electron chi connectivity index (χ4n) is 1.85. The molecule has 102 valence electrons. The molecular formula is C13H14O6. The maximum atomic E-state index is 11.8. The first-order valence-electron chi connectivity index (χ1n) is 5.67. The van der Waals surface area contributed by atoms with Crippen molar-refractivity contribution in [3.05, 3.63) is 34.4 Å². The normalized spacial score (nSPS) is 12.6. The summed E-state index contributed by atoms with van der Waals surface area (Å²) < 4.78 is 9.99. The first kappa shape index (κ1) is 13.4. The third kappa shape index (κ3) is 2.69. The van der Waals surface area contributed by atoms with Gasteiger partial charge < -0.3 is 24.5 Å². The first-order chi connectivity index (χ1) is 9.05. The number of ether oxygens (including phenoxy) is 1. The highest BCUT2D eigenvalue weighted by molar-refractivity contribution is 5.88. The lowest BCUT2D eigenvalue weighted by molar-refractivity contribution is 0.0905. The predicted octanol–water partition coefficient (Wildman–Crippen LogP) is 0.403. The Morgan fingerprint density at radius 1 is 1.37 bits per heavy atom. The van der Waals surface area contributed by atoms with Gasteiger partial charge in [-0.05, 0) is 17.5 Å². The summed E-state index contributed by atoms with van der Waals surface area (Å²) in [6, 6.07) is 4.43. The van der Waals surface area contributed by atoms with Gasteiger partial charge in [0.25, 0.3) is 0 Å². The molecule has 3 N–H and O–H groups in total. The van der Waals surface area contributed by atoms with Crippen LogP contribution < -0.4 is 10.4 Å². The summed E-state index contributed by atoms with van der Waals surface area (Å²) in [6.45, 7) is -0.425. The van der Waals surface area contributed by atoms with Crippen molar-refractivity contribution in [1.29, 1.82) is 0 Å². The zero-order chi connectivity index (χ0) is 14.0. The van der Waals surface area contributed by atoms with Crippen molar-refractivity contribution in [3.8, 4) is 11.5 Å². The molecule has 0 aliphatic rings. The van der Waals surface area contributed by atoms with Crippen LogP contribution >= 0.6 is 0 Å². The fraction of sp³-hybridized carbons (Fsp3) is 0.308. The van der Waals surface area contributed by atoms with Crippen molar-refractivity contribution >= 4 is 10.8 Å². The van der Waals surface area contributed by atoms with Crippen LogP contribution in [-0.2, 0) is 6.42 Å². The van der Waals surface area contributed by atoms with Crippen molar-refractivity contribution in [2.45, 2.75) is 12.5 Å². The zero-order valence-corrected chi connectivity index (χ0v) is 10.3. The number of benzene rings is 1. The van der Waals surface area contributed by atoms with E-state index in [9.17, 15) is 15.0 Å². The Labute approximate surface area is 108 Å². The molecule has 0 aliphatic carbocycles. The summed E-state index contributed by atoms with van der Waals surface area (Å²) in [5.74, 6) is 0.410. The molecule has 6 heteroatoms. The number of hydrogen-bond donors (Lipinski definition) is 3. The van der Waals surface area contributed by atoms with Gasteiger partial charge >= 0.3 is 5.63 Å².